The maximum atomic E-state index is 11.0. The molecule has 0 saturated heterocycles. The van der Waals surface area contributed by atoms with Crippen LogP contribution in [0.5, 0.6) is 0 Å². The predicted molar refractivity (Wildman–Crippen MR) is 54.7 cm³/mol. The quantitative estimate of drug-likeness (QED) is 0.499. The van der Waals surface area contributed by atoms with Gasteiger partial charge in [-0.15, -0.1) is 0 Å². The average Bonchev–Trinajstić information content (AvgIpc) is 2.71. The van der Waals surface area contributed by atoms with Gasteiger partial charge in [-0.1, -0.05) is 26.0 Å². The standard InChI is InChI=1S/C12H18O2/c1-7(2)12-6-10(12)8(3)5-11(12)14-9(4)13/h7,10-11H,3,5-6H2,1-2,4H3/t10-,11+,12+/m1/s1. The number of carbonyl (C=O) groups excluding carboxylic acids is 1. The highest BCUT2D eigenvalue weighted by atomic mass is 16.5. The summed E-state index contributed by atoms with van der Waals surface area (Å²) in [5, 5.41) is 0. The summed E-state index contributed by atoms with van der Waals surface area (Å²) >= 11 is 0. The summed E-state index contributed by atoms with van der Waals surface area (Å²) in [6.07, 6.45) is 2.14. The number of hydrogen-bond donors (Lipinski definition) is 0. The lowest BCUT2D eigenvalue weighted by Gasteiger charge is -2.26. The van der Waals surface area contributed by atoms with Gasteiger partial charge in [-0.25, -0.2) is 0 Å². The molecular weight excluding hydrogens is 176 g/mol. The van der Waals surface area contributed by atoms with Gasteiger partial charge in [0.1, 0.15) is 6.10 Å². The molecule has 0 N–H and O–H groups in total. The highest BCUT2D eigenvalue weighted by Crippen LogP contribution is 2.69. The largest absolute Gasteiger partial charge is 0.462 e. The molecule has 2 rings (SSSR count). The number of esters is 1. The number of hydrogen-bond acceptors (Lipinski definition) is 2. The Balaban J connectivity index is 2.17. The van der Waals surface area contributed by atoms with Gasteiger partial charge in [0.25, 0.3) is 0 Å². The molecule has 0 radical (unpaired) electrons. The van der Waals surface area contributed by atoms with Crippen LogP contribution >= 0.6 is 0 Å². The van der Waals surface area contributed by atoms with Gasteiger partial charge in [0.05, 0.1) is 0 Å². The van der Waals surface area contributed by atoms with Crippen LogP contribution in [-0.4, -0.2) is 12.1 Å². The van der Waals surface area contributed by atoms with Crippen molar-refractivity contribution in [1.29, 1.82) is 0 Å². The third-order valence-corrected chi connectivity index (χ3v) is 3.97. The second kappa shape index (κ2) is 2.85. The molecule has 2 aliphatic carbocycles. The summed E-state index contributed by atoms with van der Waals surface area (Å²) < 4.78 is 5.40. The molecule has 78 valence electrons. The van der Waals surface area contributed by atoms with Gasteiger partial charge in [-0.2, -0.15) is 0 Å². The Hall–Kier alpha value is -0.790. The number of carbonyl (C=O) groups is 1. The lowest BCUT2D eigenvalue weighted by molar-refractivity contribution is -0.150. The smallest absolute Gasteiger partial charge is 0.302 e. The molecule has 0 aromatic heterocycles. The van der Waals surface area contributed by atoms with E-state index in [1.165, 1.54) is 18.9 Å². The molecule has 2 fully saturated rings. The average molecular weight is 194 g/mol. The Labute approximate surface area is 85.3 Å². The van der Waals surface area contributed by atoms with Crippen LogP contribution in [0.2, 0.25) is 0 Å². The molecule has 0 aliphatic heterocycles. The molecule has 0 aromatic rings. The van der Waals surface area contributed by atoms with Gasteiger partial charge in [0.2, 0.25) is 0 Å². The van der Waals surface area contributed by atoms with Crippen molar-refractivity contribution in [3.05, 3.63) is 12.2 Å². The van der Waals surface area contributed by atoms with E-state index in [0.29, 0.717) is 11.8 Å². The fraction of sp³-hybridized carbons (Fsp3) is 0.750. The summed E-state index contributed by atoms with van der Waals surface area (Å²) in [7, 11) is 0. The SMILES string of the molecule is C=C1C[C@H](OC(C)=O)[C@]2(C(C)C)C[C@H]12. The third-order valence-electron chi connectivity index (χ3n) is 3.97. The summed E-state index contributed by atoms with van der Waals surface area (Å²) in [4.78, 5) is 11.0. The molecule has 3 atom stereocenters. The lowest BCUT2D eigenvalue weighted by atomic mass is 9.87. The van der Waals surface area contributed by atoms with Crippen molar-refractivity contribution in [3.63, 3.8) is 0 Å². The van der Waals surface area contributed by atoms with Crippen molar-refractivity contribution in [2.24, 2.45) is 17.3 Å². The maximum Gasteiger partial charge on any atom is 0.302 e. The summed E-state index contributed by atoms with van der Waals surface area (Å²) in [5.41, 5.74) is 1.52. The Bertz CT molecular complexity index is 293. The normalized spacial score (nSPS) is 39.9. The Morgan fingerprint density at radius 3 is 2.71 bits per heavy atom. The molecule has 2 nitrogen and oxygen atoms in total. The molecule has 0 heterocycles. The van der Waals surface area contributed by atoms with Gasteiger partial charge in [0.15, 0.2) is 0 Å². The van der Waals surface area contributed by atoms with E-state index in [-0.39, 0.29) is 17.5 Å². The van der Waals surface area contributed by atoms with E-state index >= 15 is 0 Å². The van der Waals surface area contributed by atoms with Crippen molar-refractivity contribution in [1.82, 2.24) is 0 Å². The minimum Gasteiger partial charge on any atom is -0.462 e. The van der Waals surface area contributed by atoms with Gasteiger partial charge in [0, 0.05) is 18.8 Å². The third kappa shape index (κ3) is 1.13. The van der Waals surface area contributed by atoms with Crippen LogP contribution in [0, 0.1) is 17.3 Å². The second-order valence-corrected chi connectivity index (χ2v) is 4.98. The summed E-state index contributed by atoms with van der Waals surface area (Å²) in [6.45, 7) is 10.00. The van der Waals surface area contributed by atoms with Gasteiger partial charge in [-0.05, 0) is 18.3 Å². The molecule has 14 heavy (non-hydrogen) atoms. The first-order valence-electron chi connectivity index (χ1n) is 5.33. The van der Waals surface area contributed by atoms with Crippen LogP contribution in [0.4, 0.5) is 0 Å². The first-order chi connectivity index (χ1) is 6.48. The maximum absolute atomic E-state index is 11.0. The molecule has 0 spiro atoms. The highest BCUT2D eigenvalue weighted by Gasteiger charge is 2.67. The molecule has 0 amide bonds. The van der Waals surface area contributed by atoms with E-state index in [4.69, 9.17) is 4.74 Å². The van der Waals surface area contributed by atoms with E-state index in [9.17, 15) is 4.79 Å². The van der Waals surface area contributed by atoms with Crippen molar-refractivity contribution in [3.8, 4) is 0 Å². The van der Waals surface area contributed by atoms with Crippen LogP contribution in [0.1, 0.15) is 33.6 Å². The van der Waals surface area contributed by atoms with E-state index in [1.54, 1.807) is 0 Å². The second-order valence-electron chi connectivity index (χ2n) is 4.98. The first kappa shape index (κ1) is 9.75. The lowest BCUT2D eigenvalue weighted by Crippen LogP contribution is -2.29. The van der Waals surface area contributed by atoms with Crippen LogP contribution in [-0.2, 0) is 9.53 Å². The van der Waals surface area contributed by atoms with E-state index < -0.39 is 0 Å². The van der Waals surface area contributed by atoms with Crippen molar-refractivity contribution in [2.45, 2.75) is 39.7 Å². The zero-order valence-corrected chi connectivity index (χ0v) is 9.17. The van der Waals surface area contributed by atoms with E-state index in [1.807, 2.05) is 0 Å². The number of rotatable bonds is 2. The monoisotopic (exact) mass is 194 g/mol. The minimum absolute atomic E-state index is 0.0949. The number of ether oxygens (including phenoxy) is 1. The predicted octanol–water partition coefficient (Wildman–Crippen LogP) is 2.54. The van der Waals surface area contributed by atoms with Crippen LogP contribution in [0.25, 0.3) is 0 Å². The zero-order valence-electron chi connectivity index (χ0n) is 9.17. The Kier molecular flexibility index (Phi) is 1.98. The van der Waals surface area contributed by atoms with Gasteiger partial charge < -0.3 is 4.74 Å². The first-order valence-corrected chi connectivity index (χ1v) is 5.33. The zero-order chi connectivity index (χ0) is 10.5. The molecule has 0 bridgehead atoms. The van der Waals surface area contributed by atoms with Crippen molar-refractivity contribution >= 4 is 5.97 Å². The Morgan fingerprint density at radius 2 is 2.29 bits per heavy atom. The summed E-state index contributed by atoms with van der Waals surface area (Å²) in [5.74, 6) is 1.04. The van der Waals surface area contributed by atoms with Crippen molar-refractivity contribution in [2.75, 3.05) is 0 Å². The van der Waals surface area contributed by atoms with Crippen LogP contribution in [0.15, 0.2) is 12.2 Å². The molecular formula is C12H18O2. The topological polar surface area (TPSA) is 26.3 Å². The molecule has 0 unspecified atom stereocenters. The fourth-order valence-electron chi connectivity index (χ4n) is 3.11. The van der Waals surface area contributed by atoms with Crippen molar-refractivity contribution < 1.29 is 9.53 Å². The number of fused-ring (bicyclic) bond motifs is 1. The fourth-order valence-corrected chi connectivity index (χ4v) is 3.11. The minimum atomic E-state index is -0.157. The molecule has 0 aromatic carbocycles. The summed E-state index contributed by atoms with van der Waals surface area (Å²) in [6, 6.07) is 0. The van der Waals surface area contributed by atoms with Crippen LogP contribution in [0.3, 0.4) is 0 Å². The molecule has 2 saturated carbocycles. The van der Waals surface area contributed by atoms with E-state index in [0.717, 1.165) is 6.42 Å². The Morgan fingerprint density at radius 1 is 1.64 bits per heavy atom. The van der Waals surface area contributed by atoms with E-state index in [2.05, 4.69) is 20.4 Å². The highest BCUT2D eigenvalue weighted by molar-refractivity contribution is 5.66. The molecule has 2 heteroatoms. The van der Waals surface area contributed by atoms with Gasteiger partial charge >= 0.3 is 5.97 Å². The van der Waals surface area contributed by atoms with Crippen LogP contribution < -0.4 is 0 Å². The van der Waals surface area contributed by atoms with Gasteiger partial charge in [-0.3, -0.25) is 4.79 Å². The molecule has 2 aliphatic rings.